The molecule has 1 fully saturated rings. The molecule has 0 spiro atoms. The van der Waals surface area contributed by atoms with Gasteiger partial charge in [-0.25, -0.2) is 4.98 Å². The van der Waals surface area contributed by atoms with Crippen LogP contribution < -0.4 is 0 Å². The Bertz CT molecular complexity index is 883. The van der Waals surface area contributed by atoms with Crippen molar-refractivity contribution in [1.82, 2.24) is 19.2 Å². The fourth-order valence-corrected chi connectivity index (χ4v) is 3.18. The molecule has 0 bridgehead atoms. The summed E-state index contributed by atoms with van der Waals surface area (Å²) in [6, 6.07) is 3.83. The monoisotopic (exact) mass is 375 g/mol. The summed E-state index contributed by atoms with van der Waals surface area (Å²) in [7, 11) is 0. The number of rotatable bonds is 5. The molecular weight excluding hydrogens is 362 g/mol. The topological polar surface area (TPSA) is 78.3 Å². The van der Waals surface area contributed by atoms with Gasteiger partial charge < -0.3 is 4.40 Å². The van der Waals surface area contributed by atoms with E-state index >= 15 is 0 Å². The van der Waals surface area contributed by atoms with E-state index in [9.17, 15) is 10.1 Å². The number of nitrogens with zero attached hydrogens (tertiary/aromatic N) is 5. The number of fused-ring (bicyclic) bond motifs is 1. The molecule has 8 heteroatoms. The summed E-state index contributed by atoms with van der Waals surface area (Å²) in [5.41, 5.74) is 1.86. The van der Waals surface area contributed by atoms with E-state index in [-0.39, 0.29) is 11.7 Å². The molecule has 3 heterocycles. The second-order valence-electron chi connectivity index (χ2n) is 5.89. The van der Waals surface area contributed by atoms with Crippen molar-refractivity contribution in [3.05, 3.63) is 57.2 Å². The highest BCUT2D eigenvalue weighted by Crippen LogP contribution is 2.39. The molecule has 1 aliphatic carbocycles. The van der Waals surface area contributed by atoms with Crippen LogP contribution in [-0.4, -0.2) is 24.1 Å². The van der Waals surface area contributed by atoms with Gasteiger partial charge in [-0.1, -0.05) is 12.8 Å². The van der Waals surface area contributed by atoms with Crippen LogP contribution in [0.1, 0.15) is 31.0 Å². The highest BCUT2D eigenvalue weighted by molar-refractivity contribution is 9.10. The molecule has 3 aromatic rings. The zero-order valence-corrected chi connectivity index (χ0v) is 13.8. The lowest BCUT2D eigenvalue weighted by Gasteiger charge is -2.17. The molecule has 0 amide bonds. The van der Waals surface area contributed by atoms with Crippen molar-refractivity contribution >= 4 is 27.3 Å². The third-order valence-corrected chi connectivity index (χ3v) is 4.68. The summed E-state index contributed by atoms with van der Waals surface area (Å²) in [6.45, 7) is 0. The maximum Gasteiger partial charge on any atom is 0.307 e. The second-order valence-corrected chi connectivity index (χ2v) is 6.80. The molecule has 7 nitrogen and oxygen atoms in total. The van der Waals surface area contributed by atoms with Crippen molar-refractivity contribution in [3.8, 4) is 0 Å². The second kappa shape index (κ2) is 5.45. The molecule has 3 aromatic heterocycles. The molecule has 118 valence electrons. The predicted molar refractivity (Wildman–Crippen MR) is 87.3 cm³/mol. The first kappa shape index (κ1) is 14.4. The molecule has 0 saturated heterocycles. The Labute approximate surface area is 140 Å². The van der Waals surface area contributed by atoms with Gasteiger partial charge in [0.05, 0.1) is 22.9 Å². The summed E-state index contributed by atoms with van der Waals surface area (Å²) in [5, 5.41) is 15.2. The molecule has 1 atom stereocenters. The van der Waals surface area contributed by atoms with Crippen molar-refractivity contribution in [3.63, 3.8) is 0 Å². The minimum absolute atomic E-state index is 0.0146. The summed E-state index contributed by atoms with van der Waals surface area (Å²) < 4.78 is 4.67. The Morgan fingerprint density at radius 2 is 2.17 bits per heavy atom. The van der Waals surface area contributed by atoms with Crippen LogP contribution in [0.3, 0.4) is 0 Å². The zero-order valence-electron chi connectivity index (χ0n) is 12.2. The van der Waals surface area contributed by atoms with Gasteiger partial charge in [-0.05, 0) is 40.4 Å². The Morgan fingerprint density at radius 3 is 2.87 bits per heavy atom. The molecule has 0 aliphatic heterocycles. The molecule has 0 aromatic carbocycles. The lowest BCUT2D eigenvalue weighted by Crippen LogP contribution is -2.14. The maximum absolute atomic E-state index is 10.9. The van der Waals surface area contributed by atoms with Crippen LogP contribution in [0.5, 0.6) is 0 Å². The normalized spacial score (nSPS) is 15.9. The summed E-state index contributed by atoms with van der Waals surface area (Å²) >= 11 is 3.48. The fraction of sp³-hybridized carbons (Fsp3) is 0.333. The average molecular weight is 376 g/mol. The molecule has 1 unspecified atom stereocenters. The minimum Gasteiger partial charge on any atom is -0.301 e. The fourth-order valence-electron chi connectivity index (χ4n) is 2.85. The van der Waals surface area contributed by atoms with Crippen LogP contribution in [0.4, 0.5) is 5.69 Å². The van der Waals surface area contributed by atoms with E-state index in [0.29, 0.717) is 5.92 Å². The number of halogens is 1. The van der Waals surface area contributed by atoms with Gasteiger partial charge in [0.1, 0.15) is 18.0 Å². The lowest BCUT2D eigenvalue weighted by atomic mass is 10.1. The molecule has 1 aliphatic rings. The third-order valence-electron chi connectivity index (χ3n) is 4.21. The van der Waals surface area contributed by atoms with Crippen molar-refractivity contribution in [2.75, 3.05) is 0 Å². The van der Waals surface area contributed by atoms with Gasteiger partial charge in [-0.2, -0.15) is 5.10 Å². The zero-order chi connectivity index (χ0) is 16.0. The Balaban J connectivity index is 1.79. The highest BCUT2D eigenvalue weighted by atomic mass is 79.9. The standard InChI is InChI=1S/C15H14BrN5O2/c16-11-3-4-15-17-7-14(19(15)8-11)13(5-10-1-2-10)20-9-12(6-18-20)21(22)23/h3-4,6-10,13H,1-2,5H2. The van der Waals surface area contributed by atoms with Crippen molar-refractivity contribution in [1.29, 1.82) is 0 Å². The Kier molecular flexibility index (Phi) is 3.41. The van der Waals surface area contributed by atoms with Crippen molar-refractivity contribution < 1.29 is 4.92 Å². The minimum atomic E-state index is -0.414. The number of pyridine rings is 1. The first-order chi connectivity index (χ1) is 11.1. The first-order valence-corrected chi connectivity index (χ1v) is 8.22. The smallest absolute Gasteiger partial charge is 0.301 e. The molecule has 23 heavy (non-hydrogen) atoms. The average Bonchev–Trinajstić information content (AvgIpc) is 3.06. The van der Waals surface area contributed by atoms with Crippen LogP contribution in [0, 0.1) is 16.0 Å². The van der Waals surface area contributed by atoms with Crippen molar-refractivity contribution in [2.45, 2.75) is 25.3 Å². The van der Waals surface area contributed by atoms with E-state index in [4.69, 9.17) is 0 Å². The van der Waals surface area contributed by atoms with Gasteiger partial charge in [0.25, 0.3) is 0 Å². The highest BCUT2D eigenvalue weighted by Gasteiger charge is 2.30. The van der Waals surface area contributed by atoms with E-state index in [2.05, 4.69) is 26.0 Å². The SMILES string of the molecule is O=[N+]([O-])c1cnn(C(CC2CC2)c2cnc3ccc(Br)cn23)c1. The lowest BCUT2D eigenvalue weighted by molar-refractivity contribution is -0.385. The van der Waals surface area contributed by atoms with E-state index in [1.165, 1.54) is 25.2 Å². The van der Waals surface area contributed by atoms with Crippen LogP contribution in [0.25, 0.3) is 5.65 Å². The summed E-state index contributed by atoms with van der Waals surface area (Å²) in [6.07, 6.45) is 9.95. The quantitative estimate of drug-likeness (QED) is 0.504. The van der Waals surface area contributed by atoms with Gasteiger partial charge in [-0.3, -0.25) is 14.8 Å². The van der Waals surface area contributed by atoms with Crippen molar-refractivity contribution in [2.24, 2.45) is 5.92 Å². The largest absolute Gasteiger partial charge is 0.307 e. The maximum atomic E-state index is 10.9. The van der Waals surface area contributed by atoms with Crippen LogP contribution >= 0.6 is 15.9 Å². The summed E-state index contributed by atoms with van der Waals surface area (Å²) in [5.74, 6) is 0.654. The van der Waals surface area contributed by atoms with E-state index in [0.717, 1.165) is 22.2 Å². The van der Waals surface area contributed by atoms with Gasteiger partial charge in [0.15, 0.2) is 0 Å². The van der Waals surface area contributed by atoms with Gasteiger partial charge in [-0.15, -0.1) is 0 Å². The first-order valence-electron chi connectivity index (χ1n) is 7.43. The van der Waals surface area contributed by atoms with E-state index < -0.39 is 4.92 Å². The van der Waals surface area contributed by atoms with Gasteiger partial charge in [0.2, 0.25) is 0 Å². The number of nitro groups is 1. The summed E-state index contributed by atoms with van der Waals surface area (Å²) in [4.78, 5) is 15.0. The number of hydrogen-bond acceptors (Lipinski definition) is 4. The van der Waals surface area contributed by atoms with Crippen LogP contribution in [0.2, 0.25) is 0 Å². The van der Waals surface area contributed by atoms with Gasteiger partial charge in [0, 0.05) is 10.7 Å². The predicted octanol–water partition coefficient (Wildman–Crippen LogP) is 3.59. The molecular formula is C15H14BrN5O2. The molecule has 0 N–H and O–H groups in total. The number of aromatic nitrogens is 4. The number of hydrogen-bond donors (Lipinski definition) is 0. The third kappa shape index (κ3) is 2.74. The Hall–Kier alpha value is -2.22. The van der Waals surface area contributed by atoms with Crippen LogP contribution in [-0.2, 0) is 0 Å². The van der Waals surface area contributed by atoms with Gasteiger partial charge >= 0.3 is 5.69 Å². The Morgan fingerprint density at radius 1 is 1.35 bits per heavy atom. The van der Waals surface area contributed by atoms with E-state index in [1.807, 2.05) is 28.9 Å². The van der Waals surface area contributed by atoms with Crippen LogP contribution in [0.15, 0.2) is 41.4 Å². The molecule has 4 rings (SSSR count). The molecule has 0 radical (unpaired) electrons. The number of imidazole rings is 1. The molecule has 1 saturated carbocycles. The van der Waals surface area contributed by atoms with E-state index in [1.54, 1.807) is 4.68 Å².